The van der Waals surface area contributed by atoms with Crippen LogP contribution in [0, 0.1) is 0 Å². The van der Waals surface area contributed by atoms with E-state index in [-0.39, 0.29) is 6.61 Å². The predicted molar refractivity (Wildman–Crippen MR) is 73.0 cm³/mol. The minimum atomic E-state index is -4.26. The lowest BCUT2D eigenvalue weighted by atomic mass is 10.1. The van der Waals surface area contributed by atoms with Gasteiger partial charge in [-0.15, -0.1) is 0 Å². The van der Waals surface area contributed by atoms with Crippen molar-refractivity contribution in [1.82, 2.24) is 5.32 Å². The molecule has 0 aliphatic rings. The summed E-state index contributed by atoms with van der Waals surface area (Å²) in [5.74, 6) is 1.32. The lowest BCUT2D eigenvalue weighted by Crippen LogP contribution is -2.25. The molecule has 1 rings (SSSR count). The fourth-order valence-electron chi connectivity index (χ4n) is 1.73. The average molecular weight is 307 g/mol. The highest BCUT2D eigenvalue weighted by molar-refractivity contribution is 5.42. The SMILES string of the molecule is COc1ccc(CCNCCOCC(F)(F)F)cc1OC. The van der Waals surface area contributed by atoms with E-state index in [0.717, 1.165) is 12.0 Å². The molecule has 21 heavy (non-hydrogen) atoms. The van der Waals surface area contributed by atoms with Gasteiger partial charge in [-0.25, -0.2) is 0 Å². The summed E-state index contributed by atoms with van der Waals surface area (Å²) >= 11 is 0. The second-order valence-electron chi connectivity index (χ2n) is 4.36. The first-order chi connectivity index (χ1) is 9.96. The summed E-state index contributed by atoms with van der Waals surface area (Å²) in [4.78, 5) is 0. The van der Waals surface area contributed by atoms with E-state index in [4.69, 9.17) is 9.47 Å². The zero-order chi connectivity index (χ0) is 15.7. The molecule has 0 heterocycles. The molecule has 0 aromatic heterocycles. The topological polar surface area (TPSA) is 39.7 Å². The molecule has 0 spiro atoms. The summed E-state index contributed by atoms with van der Waals surface area (Å²) in [7, 11) is 3.14. The van der Waals surface area contributed by atoms with E-state index in [1.165, 1.54) is 0 Å². The molecular formula is C14H20F3NO3. The second kappa shape index (κ2) is 8.74. The van der Waals surface area contributed by atoms with Crippen LogP contribution in [0.4, 0.5) is 13.2 Å². The molecule has 0 fully saturated rings. The number of hydrogen-bond acceptors (Lipinski definition) is 4. The maximum atomic E-state index is 11.8. The van der Waals surface area contributed by atoms with Gasteiger partial charge in [0.05, 0.1) is 20.8 Å². The number of alkyl halides is 3. The molecule has 120 valence electrons. The molecular weight excluding hydrogens is 287 g/mol. The number of ether oxygens (including phenoxy) is 3. The number of benzene rings is 1. The van der Waals surface area contributed by atoms with E-state index in [9.17, 15) is 13.2 Å². The lowest BCUT2D eigenvalue weighted by molar-refractivity contribution is -0.173. The highest BCUT2D eigenvalue weighted by Gasteiger charge is 2.27. The summed E-state index contributed by atoms with van der Waals surface area (Å²) in [6, 6.07) is 5.62. The van der Waals surface area contributed by atoms with Crippen molar-refractivity contribution in [3.63, 3.8) is 0 Å². The molecule has 0 radical (unpaired) electrons. The number of hydrogen-bond donors (Lipinski definition) is 1. The van der Waals surface area contributed by atoms with Crippen LogP contribution < -0.4 is 14.8 Å². The Morgan fingerprint density at radius 3 is 2.38 bits per heavy atom. The van der Waals surface area contributed by atoms with Crippen LogP contribution in [-0.4, -0.2) is 46.7 Å². The Balaban J connectivity index is 2.21. The summed E-state index contributed by atoms with van der Waals surface area (Å²) in [6.07, 6.45) is -3.53. The highest BCUT2D eigenvalue weighted by atomic mass is 19.4. The summed E-state index contributed by atoms with van der Waals surface area (Å²) in [5, 5.41) is 3.02. The van der Waals surface area contributed by atoms with Gasteiger partial charge in [0.1, 0.15) is 6.61 Å². The zero-order valence-electron chi connectivity index (χ0n) is 12.1. The van der Waals surface area contributed by atoms with Crippen LogP contribution in [0.15, 0.2) is 18.2 Å². The third-order valence-electron chi connectivity index (χ3n) is 2.73. The van der Waals surface area contributed by atoms with Crippen LogP contribution >= 0.6 is 0 Å². The van der Waals surface area contributed by atoms with E-state index >= 15 is 0 Å². The van der Waals surface area contributed by atoms with Crippen molar-refractivity contribution in [3.05, 3.63) is 23.8 Å². The van der Waals surface area contributed by atoms with Crippen molar-refractivity contribution < 1.29 is 27.4 Å². The van der Waals surface area contributed by atoms with Crippen LogP contribution in [0.3, 0.4) is 0 Å². The maximum absolute atomic E-state index is 11.8. The van der Waals surface area contributed by atoms with Gasteiger partial charge in [-0.2, -0.15) is 13.2 Å². The Morgan fingerprint density at radius 1 is 1.05 bits per heavy atom. The summed E-state index contributed by atoms with van der Waals surface area (Å²) in [6.45, 7) is -0.149. The molecule has 0 aliphatic heterocycles. The molecule has 1 aromatic carbocycles. The predicted octanol–water partition coefficient (Wildman–Crippen LogP) is 2.41. The molecule has 0 bridgehead atoms. The van der Waals surface area contributed by atoms with E-state index in [1.54, 1.807) is 14.2 Å². The van der Waals surface area contributed by atoms with Gasteiger partial charge in [0, 0.05) is 6.54 Å². The van der Waals surface area contributed by atoms with Crippen LogP contribution in [0.5, 0.6) is 11.5 Å². The number of halogens is 3. The van der Waals surface area contributed by atoms with Crippen LogP contribution in [0.25, 0.3) is 0 Å². The molecule has 4 nitrogen and oxygen atoms in total. The third-order valence-corrected chi connectivity index (χ3v) is 2.73. The van der Waals surface area contributed by atoms with Gasteiger partial charge >= 0.3 is 6.18 Å². The van der Waals surface area contributed by atoms with Crippen molar-refractivity contribution in [2.75, 3.05) is 40.5 Å². The largest absolute Gasteiger partial charge is 0.493 e. The standard InChI is InChI=1S/C14H20F3NO3/c1-19-12-4-3-11(9-13(12)20-2)5-6-18-7-8-21-10-14(15,16)17/h3-4,9,18H,5-8,10H2,1-2H3. The summed E-state index contributed by atoms with van der Waals surface area (Å²) < 4.78 is 50.3. The molecule has 0 amide bonds. The monoisotopic (exact) mass is 307 g/mol. The second-order valence-corrected chi connectivity index (χ2v) is 4.36. The molecule has 1 N–H and O–H groups in total. The molecule has 0 saturated heterocycles. The van der Waals surface area contributed by atoms with Crippen LogP contribution in [-0.2, 0) is 11.2 Å². The minimum Gasteiger partial charge on any atom is -0.493 e. The smallest absolute Gasteiger partial charge is 0.411 e. The molecule has 7 heteroatoms. The third kappa shape index (κ3) is 7.19. The Kier molecular flexibility index (Phi) is 7.31. The van der Waals surface area contributed by atoms with Crippen LogP contribution in [0.1, 0.15) is 5.56 Å². The van der Waals surface area contributed by atoms with Gasteiger partial charge in [-0.05, 0) is 30.7 Å². The van der Waals surface area contributed by atoms with Gasteiger partial charge in [0.15, 0.2) is 11.5 Å². The number of methoxy groups -OCH3 is 2. The van der Waals surface area contributed by atoms with E-state index in [2.05, 4.69) is 10.1 Å². The Hall–Kier alpha value is -1.47. The first-order valence-corrected chi connectivity index (χ1v) is 6.52. The Bertz CT molecular complexity index is 424. The highest BCUT2D eigenvalue weighted by Crippen LogP contribution is 2.27. The van der Waals surface area contributed by atoms with Crippen LogP contribution in [0.2, 0.25) is 0 Å². The summed E-state index contributed by atoms with van der Waals surface area (Å²) in [5.41, 5.74) is 1.05. The van der Waals surface area contributed by atoms with Crippen molar-refractivity contribution >= 4 is 0 Å². The average Bonchev–Trinajstić information content (AvgIpc) is 2.44. The molecule has 0 unspecified atom stereocenters. The van der Waals surface area contributed by atoms with E-state index < -0.39 is 12.8 Å². The minimum absolute atomic E-state index is 0.0332. The van der Waals surface area contributed by atoms with Crippen molar-refractivity contribution in [2.24, 2.45) is 0 Å². The van der Waals surface area contributed by atoms with Gasteiger partial charge in [0.25, 0.3) is 0 Å². The fourth-order valence-corrected chi connectivity index (χ4v) is 1.73. The first-order valence-electron chi connectivity index (χ1n) is 6.52. The zero-order valence-corrected chi connectivity index (χ0v) is 12.1. The molecule has 1 aromatic rings. The Labute approximate surface area is 122 Å². The van der Waals surface area contributed by atoms with Crippen molar-refractivity contribution in [2.45, 2.75) is 12.6 Å². The van der Waals surface area contributed by atoms with E-state index in [1.807, 2.05) is 18.2 Å². The fraction of sp³-hybridized carbons (Fsp3) is 0.571. The Morgan fingerprint density at radius 2 is 1.76 bits per heavy atom. The molecule has 0 saturated carbocycles. The number of nitrogens with one attached hydrogen (secondary N) is 1. The molecule has 0 aliphatic carbocycles. The van der Waals surface area contributed by atoms with Crippen molar-refractivity contribution in [3.8, 4) is 11.5 Å². The van der Waals surface area contributed by atoms with Crippen molar-refractivity contribution in [1.29, 1.82) is 0 Å². The quantitative estimate of drug-likeness (QED) is 0.711. The van der Waals surface area contributed by atoms with Gasteiger partial charge < -0.3 is 19.5 Å². The first kappa shape index (κ1) is 17.6. The number of rotatable bonds is 9. The van der Waals surface area contributed by atoms with Gasteiger partial charge in [-0.3, -0.25) is 0 Å². The van der Waals surface area contributed by atoms with Gasteiger partial charge in [0.2, 0.25) is 0 Å². The van der Waals surface area contributed by atoms with Gasteiger partial charge in [-0.1, -0.05) is 6.07 Å². The normalized spacial score (nSPS) is 11.5. The molecule has 0 atom stereocenters. The van der Waals surface area contributed by atoms with E-state index in [0.29, 0.717) is 24.6 Å². The maximum Gasteiger partial charge on any atom is 0.411 e. The lowest BCUT2D eigenvalue weighted by Gasteiger charge is -2.10.